The summed E-state index contributed by atoms with van der Waals surface area (Å²) in [6, 6.07) is 3.75. The Bertz CT molecular complexity index is 568. The highest BCUT2D eigenvalue weighted by molar-refractivity contribution is 5.94. The fraction of sp³-hybridized carbons (Fsp3) is 0.500. The minimum absolute atomic E-state index is 0.104. The van der Waals surface area contributed by atoms with Crippen LogP contribution in [0.15, 0.2) is 12.1 Å². The van der Waals surface area contributed by atoms with Gasteiger partial charge in [0.15, 0.2) is 0 Å². The van der Waals surface area contributed by atoms with Crippen molar-refractivity contribution in [2.24, 2.45) is 11.8 Å². The normalized spacial score (nSPS) is 21.1. The minimum atomic E-state index is -0.807. The van der Waals surface area contributed by atoms with Gasteiger partial charge in [-0.15, -0.1) is 0 Å². The first-order valence-electron chi connectivity index (χ1n) is 7.12. The molecular formula is C16H21NO4. The van der Waals surface area contributed by atoms with E-state index in [0.29, 0.717) is 19.3 Å². The minimum Gasteiger partial charge on any atom is -0.496 e. The molecule has 0 aromatic heterocycles. The van der Waals surface area contributed by atoms with Crippen molar-refractivity contribution >= 4 is 17.6 Å². The fourth-order valence-electron chi connectivity index (χ4n) is 2.96. The molecule has 1 saturated carbocycles. The number of hydrogen-bond acceptors (Lipinski definition) is 3. The zero-order valence-electron chi connectivity index (χ0n) is 12.6. The standard InChI is InChI=1S/C16H21NO4/c1-9-4-7-13(10(2)14(9)21-3)17-15(18)11-5-6-12(8-11)16(19)20/h4,7,11-12H,5-6,8H2,1-3H3,(H,17,18)(H,19,20). The number of carbonyl (C=O) groups is 2. The third-order valence-corrected chi connectivity index (χ3v) is 4.22. The van der Waals surface area contributed by atoms with Crippen LogP contribution in [0.2, 0.25) is 0 Å². The van der Waals surface area contributed by atoms with Crippen LogP contribution in [-0.4, -0.2) is 24.1 Å². The quantitative estimate of drug-likeness (QED) is 0.894. The van der Waals surface area contributed by atoms with E-state index < -0.39 is 11.9 Å². The Labute approximate surface area is 124 Å². The van der Waals surface area contributed by atoms with Crippen molar-refractivity contribution in [1.29, 1.82) is 0 Å². The number of hydrogen-bond donors (Lipinski definition) is 2. The molecule has 0 aliphatic heterocycles. The molecule has 5 nitrogen and oxygen atoms in total. The predicted octanol–water partition coefficient (Wildman–Crippen LogP) is 2.75. The molecule has 0 saturated heterocycles. The largest absolute Gasteiger partial charge is 0.496 e. The summed E-state index contributed by atoms with van der Waals surface area (Å²) in [4.78, 5) is 23.2. The lowest BCUT2D eigenvalue weighted by molar-refractivity contribution is -0.141. The van der Waals surface area contributed by atoms with Gasteiger partial charge in [0.1, 0.15) is 5.75 Å². The number of rotatable bonds is 4. The molecule has 2 N–H and O–H groups in total. The second-order valence-corrected chi connectivity index (χ2v) is 5.62. The van der Waals surface area contributed by atoms with Crippen LogP contribution in [0.3, 0.4) is 0 Å². The Balaban J connectivity index is 2.09. The zero-order chi connectivity index (χ0) is 15.6. The van der Waals surface area contributed by atoms with Crippen molar-refractivity contribution in [3.8, 4) is 5.75 Å². The maximum Gasteiger partial charge on any atom is 0.306 e. The average Bonchev–Trinajstić information content (AvgIpc) is 2.92. The third-order valence-electron chi connectivity index (χ3n) is 4.22. The number of benzene rings is 1. The van der Waals surface area contributed by atoms with Gasteiger partial charge in [-0.2, -0.15) is 0 Å². The highest BCUT2D eigenvalue weighted by Crippen LogP contribution is 2.33. The van der Waals surface area contributed by atoms with Crippen LogP contribution in [0.25, 0.3) is 0 Å². The molecule has 1 aliphatic carbocycles. The molecule has 1 amide bonds. The van der Waals surface area contributed by atoms with E-state index in [1.165, 1.54) is 0 Å². The van der Waals surface area contributed by atoms with Crippen LogP contribution in [-0.2, 0) is 9.59 Å². The predicted molar refractivity (Wildman–Crippen MR) is 79.6 cm³/mol. The Morgan fingerprint density at radius 2 is 1.90 bits per heavy atom. The van der Waals surface area contributed by atoms with E-state index >= 15 is 0 Å². The number of aliphatic carboxylic acids is 1. The Morgan fingerprint density at radius 3 is 2.48 bits per heavy atom. The molecular weight excluding hydrogens is 270 g/mol. The van der Waals surface area contributed by atoms with Crippen LogP contribution in [0, 0.1) is 25.7 Å². The smallest absolute Gasteiger partial charge is 0.306 e. The zero-order valence-corrected chi connectivity index (χ0v) is 12.6. The van der Waals surface area contributed by atoms with Crippen molar-refractivity contribution in [3.63, 3.8) is 0 Å². The molecule has 2 atom stereocenters. The Morgan fingerprint density at radius 1 is 1.24 bits per heavy atom. The fourth-order valence-corrected chi connectivity index (χ4v) is 2.96. The van der Waals surface area contributed by atoms with Gasteiger partial charge in [-0.1, -0.05) is 6.07 Å². The molecule has 1 aliphatic rings. The lowest BCUT2D eigenvalue weighted by Crippen LogP contribution is -2.22. The van der Waals surface area contributed by atoms with Crippen LogP contribution in [0.4, 0.5) is 5.69 Å². The molecule has 1 fully saturated rings. The van der Waals surface area contributed by atoms with Crippen LogP contribution in [0.1, 0.15) is 30.4 Å². The van der Waals surface area contributed by atoms with E-state index in [4.69, 9.17) is 9.84 Å². The van der Waals surface area contributed by atoms with E-state index in [9.17, 15) is 9.59 Å². The van der Waals surface area contributed by atoms with Crippen LogP contribution < -0.4 is 10.1 Å². The molecule has 2 unspecified atom stereocenters. The highest BCUT2D eigenvalue weighted by atomic mass is 16.5. The molecule has 114 valence electrons. The molecule has 1 aromatic rings. The summed E-state index contributed by atoms with van der Waals surface area (Å²) < 4.78 is 5.34. The summed E-state index contributed by atoms with van der Waals surface area (Å²) in [5.74, 6) is -0.763. The molecule has 0 spiro atoms. The maximum absolute atomic E-state index is 12.3. The third kappa shape index (κ3) is 3.17. The molecule has 0 radical (unpaired) electrons. The first-order chi connectivity index (χ1) is 9.93. The van der Waals surface area contributed by atoms with Gasteiger partial charge in [0.25, 0.3) is 0 Å². The van der Waals surface area contributed by atoms with E-state index in [1.54, 1.807) is 7.11 Å². The van der Waals surface area contributed by atoms with Gasteiger partial charge >= 0.3 is 5.97 Å². The molecule has 0 heterocycles. The lowest BCUT2D eigenvalue weighted by Gasteiger charge is -2.16. The maximum atomic E-state index is 12.3. The Hall–Kier alpha value is -2.04. The number of anilines is 1. The van der Waals surface area contributed by atoms with Crippen LogP contribution in [0.5, 0.6) is 5.75 Å². The summed E-state index contributed by atoms with van der Waals surface area (Å²) >= 11 is 0. The van der Waals surface area contributed by atoms with Crippen LogP contribution >= 0.6 is 0 Å². The van der Waals surface area contributed by atoms with Crippen molar-refractivity contribution < 1.29 is 19.4 Å². The van der Waals surface area contributed by atoms with Crippen molar-refractivity contribution in [3.05, 3.63) is 23.3 Å². The first-order valence-corrected chi connectivity index (χ1v) is 7.12. The summed E-state index contributed by atoms with van der Waals surface area (Å²) in [6.45, 7) is 3.85. The van der Waals surface area contributed by atoms with Gasteiger partial charge in [-0.25, -0.2) is 0 Å². The molecule has 0 bridgehead atoms. The number of nitrogens with one attached hydrogen (secondary N) is 1. The molecule has 5 heteroatoms. The first kappa shape index (κ1) is 15.4. The van der Waals surface area contributed by atoms with Gasteiger partial charge in [-0.3, -0.25) is 9.59 Å². The number of carboxylic acid groups (broad SMARTS) is 1. The summed E-state index contributed by atoms with van der Waals surface area (Å²) in [5, 5.41) is 11.9. The van der Waals surface area contributed by atoms with Gasteiger partial charge in [0.05, 0.1) is 13.0 Å². The molecule has 21 heavy (non-hydrogen) atoms. The van der Waals surface area contributed by atoms with E-state index in [0.717, 1.165) is 22.6 Å². The second kappa shape index (κ2) is 6.16. The SMILES string of the molecule is COc1c(C)ccc(NC(=O)C2CCC(C(=O)O)C2)c1C. The number of carbonyl (C=O) groups excluding carboxylic acids is 1. The Kier molecular flexibility index (Phi) is 4.50. The van der Waals surface area contributed by atoms with Gasteiger partial charge < -0.3 is 15.2 Å². The van der Waals surface area contributed by atoms with E-state index in [1.807, 2.05) is 26.0 Å². The summed E-state index contributed by atoms with van der Waals surface area (Å²) in [6.07, 6.45) is 1.62. The number of amides is 1. The van der Waals surface area contributed by atoms with E-state index in [-0.39, 0.29) is 11.8 Å². The van der Waals surface area contributed by atoms with E-state index in [2.05, 4.69) is 5.32 Å². The lowest BCUT2D eigenvalue weighted by atomic mass is 10.0. The highest BCUT2D eigenvalue weighted by Gasteiger charge is 2.34. The number of aryl methyl sites for hydroxylation is 1. The van der Waals surface area contributed by atoms with Crippen molar-refractivity contribution in [1.82, 2.24) is 0 Å². The molecule has 2 rings (SSSR count). The average molecular weight is 291 g/mol. The number of ether oxygens (including phenoxy) is 1. The number of carboxylic acids is 1. The van der Waals surface area contributed by atoms with Gasteiger partial charge in [-0.05, 0) is 44.7 Å². The summed E-state index contributed by atoms with van der Waals surface area (Å²) in [5.41, 5.74) is 2.62. The summed E-state index contributed by atoms with van der Waals surface area (Å²) in [7, 11) is 1.61. The number of methoxy groups -OCH3 is 1. The van der Waals surface area contributed by atoms with Gasteiger partial charge in [0.2, 0.25) is 5.91 Å². The second-order valence-electron chi connectivity index (χ2n) is 5.62. The topological polar surface area (TPSA) is 75.6 Å². The van der Waals surface area contributed by atoms with Gasteiger partial charge in [0, 0.05) is 17.2 Å². The van der Waals surface area contributed by atoms with Crippen molar-refractivity contribution in [2.45, 2.75) is 33.1 Å². The van der Waals surface area contributed by atoms with Crippen molar-refractivity contribution in [2.75, 3.05) is 12.4 Å². The monoisotopic (exact) mass is 291 g/mol. The molecule has 1 aromatic carbocycles.